The van der Waals surface area contributed by atoms with E-state index in [2.05, 4.69) is 40.6 Å². The van der Waals surface area contributed by atoms with Crippen LogP contribution in [0.2, 0.25) is 5.02 Å². The summed E-state index contributed by atoms with van der Waals surface area (Å²) < 4.78 is 0. The van der Waals surface area contributed by atoms with E-state index >= 15 is 0 Å². The van der Waals surface area contributed by atoms with E-state index in [9.17, 15) is 0 Å². The van der Waals surface area contributed by atoms with E-state index in [0.29, 0.717) is 0 Å². The summed E-state index contributed by atoms with van der Waals surface area (Å²) in [6, 6.07) is 14.6. The van der Waals surface area contributed by atoms with E-state index in [1.807, 2.05) is 38.5 Å². The van der Waals surface area contributed by atoms with Crippen LogP contribution in [0.4, 0.5) is 0 Å². The second-order valence-corrected chi connectivity index (χ2v) is 5.59. The van der Waals surface area contributed by atoms with Gasteiger partial charge in [-0.1, -0.05) is 48.0 Å². The van der Waals surface area contributed by atoms with Crippen molar-refractivity contribution in [1.82, 2.24) is 10.3 Å². The van der Waals surface area contributed by atoms with Gasteiger partial charge in [0.05, 0.1) is 6.04 Å². The van der Waals surface area contributed by atoms with Gasteiger partial charge in [-0.25, -0.2) is 0 Å². The molecule has 3 rings (SSSR count). The molecule has 0 aliphatic heterocycles. The normalized spacial score (nSPS) is 12.5. The molecular weight excluding hydrogens is 280 g/mol. The minimum atomic E-state index is 0.0710. The van der Waals surface area contributed by atoms with Crippen molar-refractivity contribution in [1.29, 1.82) is 0 Å². The molecule has 1 N–H and O–H groups in total. The summed E-state index contributed by atoms with van der Waals surface area (Å²) >= 11 is 6.28. The van der Waals surface area contributed by atoms with Crippen LogP contribution < -0.4 is 5.32 Å². The maximum absolute atomic E-state index is 6.28. The molecule has 1 atom stereocenters. The Bertz CT molecular complexity index is 778. The van der Waals surface area contributed by atoms with Gasteiger partial charge < -0.3 is 5.32 Å². The number of benzene rings is 2. The third kappa shape index (κ3) is 2.65. The highest BCUT2D eigenvalue weighted by Gasteiger charge is 2.15. The first-order valence-corrected chi connectivity index (χ1v) is 7.34. The summed E-state index contributed by atoms with van der Waals surface area (Å²) in [5.74, 6) is 0. The maximum atomic E-state index is 6.28. The fourth-order valence-electron chi connectivity index (χ4n) is 2.66. The topological polar surface area (TPSA) is 24.9 Å². The van der Waals surface area contributed by atoms with Crippen molar-refractivity contribution in [2.45, 2.75) is 13.0 Å². The molecule has 1 heterocycles. The summed E-state index contributed by atoms with van der Waals surface area (Å²) in [6.45, 7) is 2.01. The molecule has 0 fully saturated rings. The average molecular weight is 297 g/mol. The van der Waals surface area contributed by atoms with Crippen molar-refractivity contribution in [2.24, 2.45) is 0 Å². The Kier molecular flexibility index (Phi) is 3.91. The molecule has 0 radical (unpaired) electrons. The summed E-state index contributed by atoms with van der Waals surface area (Å²) in [5, 5.41) is 6.53. The summed E-state index contributed by atoms with van der Waals surface area (Å²) in [7, 11) is 1.96. The van der Waals surface area contributed by atoms with Crippen molar-refractivity contribution in [3.05, 3.63) is 76.6 Å². The highest BCUT2D eigenvalue weighted by molar-refractivity contribution is 6.31. The summed E-state index contributed by atoms with van der Waals surface area (Å²) in [5.41, 5.74) is 3.40. The number of fused-ring (bicyclic) bond motifs is 1. The van der Waals surface area contributed by atoms with E-state index in [-0.39, 0.29) is 6.04 Å². The van der Waals surface area contributed by atoms with Crippen molar-refractivity contribution < 1.29 is 0 Å². The van der Waals surface area contributed by atoms with Crippen LogP contribution in [-0.4, -0.2) is 12.0 Å². The quantitative estimate of drug-likeness (QED) is 0.769. The number of aryl methyl sites for hydroxylation is 1. The molecule has 3 aromatic rings. The summed E-state index contributed by atoms with van der Waals surface area (Å²) in [6.07, 6.45) is 3.82. The van der Waals surface area contributed by atoms with Crippen LogP contribution in [-0.2, 0) is 0 Å². The van der Waals surface area contributed by atoms with Crippen LogP contribution in [0.1, 0.15) is 22.7 Å². The van der Waals surface area contributed by atoms with Crippen LogP contribution in [0.5, 0.6) is 0 Å². The zero-order valence-corrected chi connectivity index (χ0v) is 12.9. The number of nitrogens with one attached hydrogen (secondary N) is 1. The van der Waals surface area contributed by atoms with Gasteiger partial charge in [-0.05, 0) is 42.1 Å². The second-order valence-electron chi connectivity index (χ2n) is 5.18. The summed E-state index contributed by atoms with van der Waals surface area (Å²) in [4.78, 5) is 4.37. The third-order valence-electron chi connectivity index (χ3n) is 3.83. The van der Waals surface area contributed by atoms with E-state index in [4.69, 9.17) is 11.6 Å². The van der Waals surface area contributed by atoms with Crippen LogP contribution in [0.15, 0.2) is 54.9 Å². The Labute approximate surface area is 129 Å². The molecule has 0 saturated carbocycles. The Morgan fingerprint density at radius 1 is 1.10 bits per heavy atom. The number of nitrogens with zero attached hydrogens (tertiary/aromatic N) is 1. The van der Waals surface area contributed by atoms with E-state index in [1.165, 1.54) is 5.39 Å². The lowest BCUT2D eigenvalue weighted by Crippen LogP contribution is -2.18. The molecule has 0 amide bonds. The molecule has 106 valence electrons. The number of rotatable bonds is 3. The molecule has 1 unspecified atom stereocenters. The van der Waals surface area contributed by atoms with Gasteiger partial charge >= 0.3 is 0 Å². The SMILES string of the molecule is CNC(c1ccc(C)c(Cl)c1)c1cncc2ccccc12. The van der Waals surface area contributed by atoms with Crippen molar-refractivity contribution in [3.63, 3.8) is 0 Å². The minimum absolute atomic E-state index is 0.0710. The van der Waals surface area contributed by atoms with Crippen LogP contribution in [0.3, 0.4) is 0 Å². The lowest BCUT2D eigenvalue weighted by Gasteiger charge is -2.19. The van der Waals surface area contributed by atoms with Gasteiger partial charge in [-0.3, -0.25) is 4.98 Å². The molecule has 0 aliphatic rings. The first-order valence-electron chi connectivity index (χ1n) is 6.96. The predicted octanol–water partition coefficient (Wildman–Crippen LogP) is 4.51. The van der Waals surface area contributed by atoms with Gasteiger partial charge in [-0.15, -0.1) is 0 Å². The zero-order valence-electron chi connectivity index (χ0n) is 12.1. The largest absolute Gasteiger partial charge is 0.309 e. The molecule has 0 spiro atoms. The number of halogens is 1. The van der Waals surface area contributed by atoms with Gasteiger partial charge in [0.25, 0.3) is 0 Å². The molecule has 21 heavy (non-hydrogen) atoms. The minimum Gasteiger partial charge on any atom is -0.309 e. The van der Waals surface area contributed by atoms with Crippen LogP contribution in [0, 0.1) is 6.92 Å². The standard InChI is InChI=1S/C18H17ClN2/c1-12-7-8-13(9-17(12)19)18(20-2)16-11-21-10-14-5-3-4-6-15(14)16/h3-11,18,20H,1-2H3. The Hall–Kier alpha value is -1.90. The first-order chi connectivity index (χ1) is 10.2. The predicted molar refractivity (Wildman–Crippen MR) is 88.8 cm³/mol. The first kappa shape index (κ1) is 14.1. The monoisotopic (exact) mass is 296 g/mol. The van der Waals surface area contributed by atoms with Gasteiger partial charge in [0, 0.05) is 22.8 Å². The lowest BCUT2D eigenvalue weighted by molar-refractivity contribution is 0.694. The van der Waals surface area contributed by atoms with Crippen molar-refractivity contribution in [3.8, 4) is 0 Å². The van der Waals surface area contributed by atoms with Gasteiger partial charge in [-0.2, -0.15) is 0 Å². The Balaban J connectivity index is 2.16. The maximum Gasteiger partial charge on any atom is 0.0596 e. The average Bonchev–Trinajstić information content (AvgIpc) is 2.52. The second kappa shape index (κ2) is 5.84. The smallest absolute Gasteiger partial charge is 0.0596 e. The number of pyridine rings is 1. The Morgan fingerprint density at radius 3 is 2.67 bits per heavy atom. The van der Waals surface area contributed by atoms with Gasteiger partial charge in [0.15, 0.2) is 0 Å². The highest BCUT2D eigenvalue weighted by atomic mass is 35.5. The molecule has 0 bridgehead atoms. The lowest BCUT2D eigenvalue weighted by atomic mass is 9.95. The van der Waals surface area contributed by atoms with Gasteiger partial charge in [0.1, 0.15) is 0 Å². The third-order valence-corrected chi connectivity index (χ3v) is 4.24. The molecule has 0 aliphatic carbocycles. The van der Waals surface area contributed by atoms with E-state index in [0.717, 1.165) is 27.1 Å². The molecular formula is C18H17ClN2. The molecule has 2 nitrogen and oxygen atoms in total. The fraction of sp³-hybridized carbons (Fsp3) is 0.167. The van der Waals surface area contributed by atoms with Crippen LogP contribution >= 0.6 is 11.6 Å². The highest BCUT2D eigenvalue weighted by Crippen LogP contribution is 2.30. The molecule has 3 heteroatoms. The Morgan fingerprint density at radius 2 is 1.90 bits per heavy atom. The number of hydrogen-bond donors (Lipinski definition) is 1. The van der Waals surface area contributed by atoms with E-state index < -0.39 is 0 Å². The van der Waals surface area contributed by atoms with Crippen LogP contribution in [0.25, 0.3) is 10.8 Å². The zero-order chi connectivity index (χ0) is 14.8. The van der Waals surface area contributed by atoms with E-state index in [1.54, 1.807) is 0 Å². The van der Waals surface area contributed by atoms with Crippen molar-refractivity contribution >= 4 is 22.4 Å². The number of hydrogen-bond acceptors (Lipinski definition) is 2. The molecule has 2 aromatic carbocycles. The number of aromatic nitrogens is 1. The molecule has 0 saturated heterocycles. The van der Waals surface area contributed by atoms with Gasteiger partial charge in [0.2, 0.25) is 0 Å². The fourth-order valence-corrected chi connectivity index (χ4v) is 2.85. The molecule has 1 aromatic heterocycles. The van der Waals surface area contributed by atoms with Crippen molar-refractivity contribution in [2.75, 3.05) is 7.05 Å².